The van der Waals surface area contributed by atoms with E-state index in [2.05, 4.69) is 0 Å². The SMILES string of the molecule is Oc1cc(O)c([C@H]2c3c(O)cc(O)c([C@@H]4c5c(O)cc(O)cc5O[C@H](c5ccc(O)c(O)c5)[C@H]4O)c3O[C@H](c3ccc(O)c(O)c3)[C@@H]2O)c(O)c1. The first-order chi connectivity index (χ1) is 24.2. The van der Waals surface area contributed by atoms with Crippen LogP contribution in [0.2, 0.25) is 0 Å². The summed E-state index contributed by atoms with van der Waals surface area (Å²) in [5, 5.41) is 141. The van der Waals surface area contributed by atoms with Crippen molar-refractivity contribution in [2.24, 2.45) is 0 Å². The van der Waals surface area contributed by atoms with Gasteiger partial charge in [0.2, 0.25) is 0 Å². The average molecular weight is 703 g/mol. The number of aliphatic hydroxyl groups excluding tert-OH is 2. The molecule has 2 aliphatic rings. The van der Waals surface area contributed by atoms with Crippen LogP contribution in [0.4, 0.5) is 0 Å². The summed E-state index contributed by atoms with van der Waals surface area (Å²) in [5.74, 6) is -10.4. The van der Waals surface area contributed by atoms with Crippen molar-refractivity contribution in [3.05, 3.63) is 100 Å². The Balaban J connectivity index is 1.53. The summed E-state index contributed by atoms with van der Waals surface area (Å²) in [4.78, 5) is 0. The van der Waals surface area contributed by atoms with E-state index in [0.29, 0.717) is 0 Å². The molecule has 5 aromatic carbocycles. The normalized spacial score (nSPS) is 22.3. The molecule has 0 aliphatic carbocycles. The van der Waals surface area contributed by atoms with Crippen LogP contribution in [0, 0.1) is 0 Å². The molecule has 6 atom stereocenters. The molecular formula is C36H30O15. The Morgan fingerprint density at radius 3 is 1.27 bits per heavy atom. The second-order valence-corrected chi connectivity index (χ2v) is 12.4. The van der Waals surface area contributed by atoms with Crippen molar-refractivity contribution in [1.82, 2.24) is 0 Å². The van der Waals surface area contributed by atoms with E-state index in [1.807, 2.05) is 0 Å². The van der Waals surface area contributed by atoms with Gasteiger partial charge in [0, 0.05) is 52.6 Å². The largest absolute Gasteiger partial charge is 0.508 e. The highest BCUT2D eigenvalue weighted by molar-refractivity contribution is 5.69. The van der Waals surface area contributed by atoms with Crippen molar-refractivity contribution in [1.29, 1.82) is 0 Å². The molecule has 2 aliphatic heterocycles. The van der Waals surface area contributed by atoms with Gasteiger partial charge in [0.25, 0.3) is 0 Å². The van der Waals surface area contributed by atoms with Crippen LogP contribution in [-0.2, 0) is 0 Å². The first-order valence-corrected chi connectivity index (χ1v) is 15.3. The Morgan fingerprint density at radius 1 is 0.373 bits per heavy atom. The Morgan fingerprint density at radius 2 is 0.784 bits per heavy atom. The molecule has 0 aromatic heterocycles. The van der Waals surface area contributed by atoms with Crippen LogP contribution in [0.3, 0.4) is 0 Å². The number of benzene rings is 5. The Kier molecular flexibility index (Phi) is 7.61. The monoisotopic (exact) mass is 702 g/mol. The van der Waals surface area contributed by atoms with Crippen molar-refractivity contribution in [3.63, 3.8) is 0 Å². The van der Waals surface area contributed by atoms with Gasteiger partial charge in [-0.25, -0.2) is 0 Å². The standard InChI is InChI=1S/C36H30O15/c37-14-7-20(43)26(21(44)8-14)30-28-23(46)11-24(47)29(36(28)51-35(32(30)48)13-2-4-17(40)19(42)6-13)31-27-22(45)9-15(38)10-25(27)50-34(33(31)49)12-1-3-16(39)18(41)5-12/h1-11,30-35,37-49H/t30-,31-,32+,33-,34+,35+/m0/s1. The molecule has 0 saturated carbocycles. The smallest absolute Gasteiger partial charge is 0.157 e. The average Bonchev–Trinajstić information content (AvgIpc) is 3.04. The zero-order valence-corrected chi connectivity index (χ0v) is 25.9. The number of aromatic hydroxyl groups is 11. The summed E-state index contributed by atoms with van der Waals surface area (Å²) >= 11 is 0. The van der Waals surface area contributed by atoms with Crippen LogP contribution >= 0.6 is 0 Å². The summed E-state index contributed by atoms with van der Waals surface area (Å²) in [7, 11) is 0. The van der Waals surface area contributed by atoms with Crippen LogP contribution < -0.4 is 9.47 Å². The summed E-state index contributed by atoms with van der Waals surface area (Å²) in [6.45, 7) is 0. The molecule has 13 N–H and O–H groups in total. The molecule has 0 saturated heterocycles. The minimum Gasteiger partial charge on any atom is -0.508 e. The van der Waals surface area contributed by atoms with E-state index < -0.39 is 111 Å². The third-order valence-corrected chi connectivity index (χ3v) is 9.24. The second-order valence-electron chi connectivity index (χ2n) is 12.4. The minimum absolute atomic E-state index is 0.0260. The van der Waals surface area contributed by atoms with E-state index in [1.165, 1.54) is 12.1 Å². The topological polar surface area (TPSA) is 281 Å². The maximum atomic E-state index is 12.0. The molecule has 7 rings (SSSR count). The third kappa shape index (κ3) is 5.22. The maximum Gasteiger partial charge on any atom is 0.157 e. The molecular weight excluding hydrogens is 672 g/mol. The van der Waals surface area contributed by atoms with E-state index in [-0.39, 0.29) is 33.6 Å². The molecule has 0 fully saturated rings. The fourth-order valence-electron chi connectivity index (χ4n) is 7.02. The molecule has 0 amide bonds. The van der Waals surface area contributed by atoms with Crippen LogP contribution in [0.5, 0.6) is 74.7 Å². The molecule has 15 heteroatoms. The van der Waals surface area contributed by atoms with Gasteiger partial charge in [-0.2, -0.15) is 0 Å². The predicted octanol–water partition coefficient (Wildman–Crippen LogP) is 3.70. The zero-order valence-electron chi connectivity index (χ0n) is 25.9. The van der Waals surface area contributed by atoms with Crippen LogP contribution in [0.25, 0.3) is 0 Å². The van der Waals surface area contributed by atoms with Gasteiger partial charge in [-0.1, -0.05) is 12.1 Å². The highest BCUT2D eigenvalue weighted by atomic mass is 16.5. The summed E-state index contributed by atoms with van der Waals surface area (Å²) in [5.41, 5.74) is -1.10. The first-order valence-electron chi connectivity index (χ1n) is 15.3. The lowest BCUT2D eigenvalue weighted by molar-refractivity contribution is -0.00356. The Bertz CT molecular complexity index is 2190. The maximum absolute atomic E-state index is 12.0. The lowest BCUT2D eigenvalue weighted by Gasteiger charge is -2.42. The summed E-state index contributed by atoms with van der Waals surface area (Å²) in [6.07, 6.45) is -6.57. The predicted molar refractivity (Wildman–Crippen MR) is 173 cm³/mol. The van der Waals surface area contributed by atoms with Crippen LogP contribution in [0.15, 0.2) is 66.7 Å². The van der Waals surface area contributed by atoms with E-state index in [1.54, 1.807) is 0 Å². The van der Waals surface area contributed by atoms with Crippen molar-refractivity contribution >= 4 is 0 Å². The number of aliphatic hydroxyl groups is 2. The molecule has 0 bridgehead atoms. The van der Waals surface area contributed by atoms with Gasteiger partial charge in [0.05, 0.1) is 11.8 Å². The zero-order chi connectivity index (χ0) is 36.6. The van der Waals surface area contributed by atoms with Gasteiger partial charge >= 0.3 is 0 Å². The van der Waals surface area contributed by atoms with Gasteiger partial charge in [-0.05, 0) is 35.4 Å². The molecule has 15 nitrogen and oxygen atoms in total. The van der Waals surface area contributed by atoms with Gasteiger partial charge in [-0.15, -0.1) is 0 Å². The van der Waals surface area contributed by atoms with E-state index in [0.717, 1.165) is 54.6 Å². The molecule has 0 spiro atoms. The number of ether oxygens (including phenoxy) is 2. The van der Waals surface area contributed by atoms with E-state index in [4.69, 9.17) is 9.47 Å². The number of hydrogen-bond donors (Lipinski definition) is 13. The lowest BCUT2D eigenvalue weighted by Crippen LogP contribution is -2.38. The second kappa shape index (κ2) is 11.8. The number of phenols is 11. The van der Waals surface area contributed by atoms with E-state index >= 15 is 0 Å². The molecule has 51 heavy (non-hydrogen) atoms. The molecule has 2 heterocycles. The molecule has 5 aromatic rings. The van der Waals surface area contributed by atoms with Gasteiger partial charge in [-0.3, -0.25) is 0 Å². The quantitative estimate of drug-likeness (QED) is 0.119. The number of rotatable bonds is 4. The van der Waals surface area contributed by atoms with E-state index in [9.17, 15) is 66.4 Å². The van der Waals surface area contributed by atoms with Crippen LogP contribution in [0.1, 0.15) is 57.4 Å². The number of phenolic OH excluding ortho intramolecular Hbond substituents is 11. The van der Waals surface area contributed by atoms with Crippen molar-refractivity contribution < 1.29 is 75.9 Å². The summed E-state index contributed by atoms with van der Waals surface area (Å²) in [6, 6.07) is 11.7. The molecule has 264 valence electrons. The fraction of sp³-hybridized carbons (Fsp3) is 0.167. The first kappa shape index (κ1) is 32.9. The highest BCUT2D eigenvalue weighted by Crippen LogP contribution is 2.61. The molecule has 0 radical (unpaired) electrons. The van der Waals surface area contributed by atoms with Gasteiger partial charge in [0.15, 0.2) is 35.2 Å². The fourth-order valence-corrected chi connectivity index (χ4v) is 7.02. The summed E-state index contributed by atoms with van der Waals surface area (Å²) < 4.78 is 12.3. The number of hydrogen-bond acceptors (Lipinski definition) is 15. The van der Waals surface area contributed by atoms with Crippen molar-refractivity contribution in [2.75, 3.05) is 0 Å². The van der Waals surface area contributed by atoms with Gasteiger partial charge < -0.3 is 75.9 Å². The van der Waals surface area contributed by atoms with Crippen LogP contribution in [-0.4, -0.2) is 78.6 Å². The number of fused-ring (bicyclic) bond motifs is 2. The highest BCUT2D eigenvalue weighted by Gasteiger charge is 2.49. The van der Waals surface area contributed by atoms with Crippen molar-refractivity contribution in [2.45, 2.75) is 36.3 Å². The lowest BCUT2D eigenvalue weighted by atomic mass is 9.74. The van der Waals surface area contributed by atoms with Crippen molar-refractivity contribution in [3.8, 4) is 74.7 Å². The third-order valence-electron chi connectivity index (χ3n) is 9.24. The molecule has 0 unspecified atom stereocenters. The van der Waals surface area contributed by atoms with Gasteiger partial charge in [0.1, 0.15) is 64.0 Å². The minimum atomic E-state index is -1.81. The Labute approximate surface area is 286 Å². The Hall–Kier alpha value is -6.58.